The summed E-state index contributed by atoms with van der Waals surface area (Å²) in [4.78, 5) is 12.6. The number of rotatable bonds is 5. The molecule has 1 aliphatic rings. The normalized spacial score (nSPS) is 16.9. The number of nitrogens with zero attached hydrogens (tertiary/aromatic N) is 2. The molecule has 0 aliphatic heterocycles. The Morgan fingerprint density at radius 1 is 1.45 bits per heavy atom. The zero-order valence-corrected chi connectivity index (χ0v) is 12.8. The molecule has 1 N–H and O–H groups in total. The molecule has 0 radical (unpaired) electrons. The van der Waals surface area contributed by atoms with Crippen LogP contribution in [-0.4, -0.2) is 36.0 Å². The summed E-state index contributed by atoms with van der Waals surface area (Å²) >= 11 is 5.96. The number of hydrogen-bond acceptors (Lipinski definition) is 4. The van der Waals surface area contributed by atoms with Gasteiger partial charge in [-0.3, -0.25) is 10.1 Å². The highest BCUT2D eigenvalue weighted by Crippen LogP contribution is 2.37. The van der Waals surface area contributed by atoms with E-state index in [4.69, 9.17) is 11.6 Å². The SMILES string of the molecule is Cc1cc([N+](=O)[O-])c(Cl)cc1NCC1(N(C)C)CCC1. The van der Waals surface area contributed by atoms with Crippen LogP contribution < -0.4 is 5.32 Å². The van der Waals surface area contributed by atoms with Crippen molar-refractivity contribution in [1.82, 2.24) is 4.90 Å². The Balaban J connectivity index is 2.14. The molecule has 0 aromatic heterocycles. The maximum atomic E-state index is 10.8. The second kappa shape index (κ2) is 5.58. The van der Waals surface area contributed by atoms with E-state index in [-0.39, 0.29) is 16.2 Å². The van der Waals surface area contributed by atoms with E-state index < -0.39 is 4.92 Å². The van der Waals surface area contributed by atoms with Crippen LogP contribution in [0.2, 0.25) is 5.02 Å². The summed E-state index contributed by atoms with van der Waals surface area (Å²) in [5, 5.41) is 14.4. The second-order valence-electron chi connectivity index (χ2n) is 5.70. The lowest BCUT2D eigenvalue weighted by atomic mass is 9.75. The van der Waals surface area contributed by atoms with Crippen LogP contribution in [0.1, 0.15) is 24.8 Å². The fraction of sp³-hybridized carbons (Fsp3) is 0.571. The van der Waals surface area contributed by atoms with Gasteiger partial charge < -0.3 is 10.2 Å². The van der Waals surface area contributed by atoms with Crippen LogP contribution in [0, 0.1) is 17.0 Å². The second-order valence-corrected chi connectivity index (χ2v) is 6.11. The number of nitrogens with one attached hydrogen (secondary N) is 1. The van der Waals surface area contributed by atoms with Gasteiger partial charge >= 0.3 is 0 Å². The van der Waals surface area contributed by atoms with Crippen LogP contribution in [0.5, 0.6) is 0 Å². The largest absolute Gasteiger partial charge is 0.383 e. The average molecular weight is 298 g/mol. The van der Waals surface area contributed by atoms with Gasteiger partial charge in [0.05, 0.1) is 4.92 Å². The third kappa shape index (κ3) is 2.74. The Kier molecular flexibility index (Phi) is 4.20. The number of nitro benzene ring substituents is 1. The number of benzene rings is 1. The molecule has 1 saturated carbocycles. The van der Waals surface area contributed by atoms with Crippen LogP contribution in [0.25, 0.3) is 0 Å². The maximum absolute atomic E-state index is 10.8. The molecule has 1 fully saturated rings. The minimum absolute atomic E-state index is 0.0410. The molecule has 110 valence electrons. The van der Waals surface area contributed by atoms with Gasteiger partial charge in [-0.25, -0.2) is 0 Å². The number of likely N-dealkylation sites (N-methyl/N-ethyl adjacent to an activating group) is 1. The predicted molar refractivity (Wildman–Crippen MR) is 81.6 cm³/mol. The van der Waals surface area contributed by atoms with E-state index in [2.05, 4.69) is 24.3 Å². The first-order valence-corrected chi connectivity index (χ1v) is 7.09. The number of nitro groups is 1. The molecule has 1 aromatic carbocycles. The van der Waals surface area contributed by atoms with Crippen molar-refractivity contribution in [3.8, 4) is 0 Å². The van der Waals surface area contributed by atoms with E-state index in [1.54, 1.807) is 6.07 Å². The summed E-state index contributed by atoms with van der Waals surface area (Å²) in [7, 11) is 4.19. The lowest BCUT2D eigenvalue weighted by Crippen LogP contribution is -2.54. The number of halogens is 1. The molecule has 0 unspecified atom stereocenters. The summed E-state index contributed by atoms with van der Waals surface area (Å²) in [5.41, 5.74) is 1.87. The van der Waals surface area contributed by atoms with Gasteiger partial charge in [0.2, 0.25) is 0 Å². The molecular formula is C14H20ClN3O2. The number of aryl methyl sites for hydroxylation is 1. The topological polar surface area (TPSA) is 58.4 Å². The van der Waals surface area contributed by atoms with Crippen LogP contribution in [0.4, 0.5) is 11.4 Å². The van der Waals surface area contributed by atoms with Crippen molar-refractivity contribution in [3.05, 3.63) is 32.8 Å². The zero-order valence-electron chi connectivity index (χ0n) is 12.1. The average Bonchev–Trinajstić information content (AvgIpc) is 2.30. The molecule has 2 rings (SSSR count). The first kappa shape index (κ1) is 15.1. The third-order valence-electron chi connectivity index (χ3n) is 4.33. The quantitative estimate of drug-likeness (QED) is 0.668. The molecule has 1 aliphatic carbocycles. The van der Waals surface area contributed by atoms with Crippen molar-refractivity contribution in [3.63, 3.8) is 0 Å². The van der Waals surface area contributed by atoms with Crippen LogP contribution in [0.3, 0.4) is 0 Å². The van der Waals surface area contributed by atoms with E-state index in [0.717, 1.165) is 17.8 Å². The number of hydrogen-bond donors (Lipinski definition) is 1. The van der Waals surface area contributed by atoms with Crippen molar-refractivity contribution < 1.29 is 4.92 Å². The summed E-state index contributed by atoms with van der Waals surface area (Å²) in [6.45, 7) is 2.68. The van der Waals surface area contributed by atoms with Crippen molar-refractivity contribution in [2.75, 3.05) is 26.0 Å². The standard InChI is InChI=1S/C14H20ClN3O2/c1-10-7-13(18(19)20)11(15)8-12(10)16-9-14(17(2)3)5-4-6-14/h7-8,16H,4-6,9H2,1-3H3. The monoisotopic (exact) mass is 297 g/mol. The van der Waals surface area contributed by atoms with E-state index in [9.17, 15) is 10.1 Å². The molecular weight excluding hydrogens is 278 g/mol. The smallest absolute Gasteiger partial charge is 0.288 e. The van der Waals surface area contributed by atoms with E-state index in [0.29, 0.717) is 0 Å². The summed E-state index contributed by atoms with van der Waals surface area (Å²) in [5.74, 6) is 0. The van der Waals surface area contributed by atoms with Crippen molar-refractivity contribution in [1.29, 1.82) is 0 Å². The molecule has 20 heavy (non-hydrogen) atoms. The highest BCUT2D eigenvalue weighted by Gasteiger charge is 2.38. The molecule has 5 nitrogen and oxygen atoms in total. The Labute approximate surface area is 124 Å². The van der Waals surface area contributed by atoms with Crippen molar-refractivity contribution >= 4 is 23.0 Å². The van der Waals surface area contributed by atoms with Gasteiger partial charge in [-0.1, -0.05) is 11.6 Å². The summed E-state index contributed by atoms with van der Waals surface area (Å²) in [6.07, 6.45) is 3.60. The van der Waals surface area contributed by atoms with Gasteiger partial charge in [-0.2, -0.15) is 0 Å². The van der Waals surface area contributed by atoms with E-state index in [1.165, 1.54) is 25.3 Å². The van der Waals surface area contributed by atoms with Gasteiger partial charge in [-0.15, -0.1) is 0 Å². The Morgan fingerprint density at radius 3 is 2.55 bits per heavy atom. The molecule has 0 saturated heterocycles. The van der Waals surface area contributed by atoms with Gasteiger partial charge in [0.15, 0.2) is 0 Å². The first-order valence-electron chi connectivity index (χ1n) is 6.71. The van der Waals surface area contributed by atoms with Crippen LogP contribution >= 0.6 is 11.6 Å². The van der Waals surface area contributed by atoms with Crippen molar-refractivity contribution in [2.24, 2.45) is 0 Å². The Hall–Kier alpha value is -1.33. The maximum Gasteiger partial charge on any atom is 0.288 e. The predicted octanol–water partition coefficient (Wildman–Crippen LogP) is 3.45. The van der Waals surface area contributed by atoms with Gasteiger partial charge in [0, 0.05) is 23.8 Å². The third-order valence-corrected chi connectivity index (χ3v) is 4.63. The van der Waals surface area contributed by atoms with Crippen LogP contribution in [-0.2, 0) is 0 Å². The summed E-state index contributed by atoms with van der Waals surface area (Å²) in [6, 6.07) is 3.17. The van der Waals surface area contributed by atoms with Crippen LogP contribution in [0.15, 0.2) is 12.1 Å². The highest BCUT2D eigenvalue weighted by molar-refractivity contribution is 6.33. The molecule has 0 atom stereocenters. The highest BCUT2D eigenvalue weighted by atomic mass is 35.5. The zero-order chi connectivity index (χ0) is 14.9. The fourth-order valence-corrected chi connectivity index (χ4v) is 2.86. The van der Waals surface area contributed by atoms with Gasteiger partial charge in [0.25, 0.3) is 5.69 Å². The Morgan fingerprint density at radius 2 is 2.10 bits per heavy atom. The van der Waals surface area contributed by atoms with E-state index in [1.807, 2.05) is 6.92 Å². The van der Waals surface area contributed by atoms with Gasteiger partial charge in [-0.05, 0) is 51.9 Å². The van der Waals surface area contributed by atoms with Gasteiger partial charge in [0.1, 0.15) is 5.02 Å². The van der Waals surface area contributed by atoms with E-state index >= 15 is 0 Å². The molecule has 6 heteroatoms. The molecule has 0 spiro atoms. The Bertz CT molecular complexity index is 527. The fourth-order valence-electron chi connectivity index (χ4n) is 2.62. The van der Waals surface area contributed by atoms with Crippen molar-refractivity contribution in [2.45, 2.75) is 31.7 Å². The molecule has 1 aromatic rings. The lowest BCUT2D eigenvalue weighted by Gasteiger charge is -2.47. The molecule has 0 bridgehead atoms. The summed E-state index contributed by atoms with van der Waals surface area (Å²) < 4.78 is 0. The first-order chi connectivity index (χ1) is 9.35. The number of anilines is 1. The molecule has 0 heterocycles. The molecule has 0 amide bonds. The minimum atomic E-state index is -0.452. The minimum Gasteiger partial charge on any atom is -0.383 e. The lowest BCUT2D eigenvalue weighted by molar-refractivity contribution is -0.384.